The first kappa shape index (κ1) is 14.1. The number of isocyanates is 1. The molecule has 1 aliphatic rings. The van der Waals surface area contributed by atoms with Crippen LogP contribution in [0, 0.1) is 6.92 Å². The van der Waals surface area contributed by atoms with E-state index in [0.717, 1.165) is 35.7 Å². The molecule has 0 atom stereocenters. The molecule has 1 N–H and O–H groups in total. The van der Waals surface area contributed by atoms with Gasteiger partial charge in [0.25, 0.3) is 0 Å². The quantitative estimate of drug-likeness (QED) is 0.682. The molecule has 5 heteroatoms. The SMILES string of the molecule is COc1cc(Br)c(C)c(C2(N=C=O)CCCC2)c1O. The highest BCUT2D eigenvalue weighted by Crippen LogP contribution is 2.50. The molecule has 4 nitrogen and oxygen atoms in total. The predicted molar refractivity (Wildman–Crippen MR) is 75.4 cm³/mol. The number of aromatic hydroxyl groups is 1. The van der Waals surface area contributed by atoms with Crippen molar-refractivity contribution in [2.75, 3.05) is 7.11 Å². The summed E-state index contributed by atoms with van der Waals surface area (Å²) in [6.45, 7) is 1.90. The van der Waals surface area contributed by atoms with Crippen LogP contribution < -0.4 is 4.74 Å². The summed E-state index contributed by atoms with van der Waals surface area (Å²) in [4.78, 5) is 14.8. The molecule has 0 aliphatic heterocycles. The number of ether oxygens (including phenoxy) is 1. The lowest BCUT2D eigenvalue weighted by Crippen LogP contribution is -2.21. The molecular weight excluding hydrogens is 310 g/mol. The zero-order valence-corrected chi connectivity index (χ0v) is 12.6. The van der Waals surface area contributed by atoms with Crippen molar-refractivity contribution >= 4 is 22.0 Å². The summed E-state index contributed by atoms with van der Waals surface area (Å²) in [7, 11) is 1.50. The molecule has 0 spiro atoms. The fraction of sp³-hybridized carbons (Fsp3) is 0.500. The number of phenols is 1. The molecule has 102 valence electrons. The van der Waals surface area contributed by atoms with Crippen LogP contribution >= 0.6 is 15.9 Å². The van der Waals surface area contributed by atoms with E-state index in [2.05, 4.69) is 20.9 Å². The third kappa shape index (κ3) is 2.28. The van der Waals surface area contributed by atoms with Gasteiger partial charge in [0.1, 0.15) is 5.54 Å². The van der Waals surface area contributed by atoms with Crippen molar-refractivity contribution in [2.45, 2.75) is 38.1 Å². The summed E-state index contributed by atoms with van der Waals surface area (Å²) >= 11 is 3.46. The highest BCUT2D eigenvalue weighted by atomic mass is 79.9. The van der Waals surface area contributed by atoms with Crippen LogP contribution in [0.3, 0.4) is 0 Å². The maximum absolute atomic E-state index is 10.8. The van der Waals surface area contributed by atoms with E-state index in [1.54, 1.807) is 12.1 Å². The van der Waals surface area contributed by atoms with Crippen LogP contribution in [0.15, 0.2) is 15.5 Å². The van der Waals surface area contributed by atoms with Crippen LogP contribution in [-0.4, -0.2) is 18.3 Å². The summed E-state index contributed by atoms with van der Waals surface area (Å²) < 4.78 is 6.02. The van der Waals surface area contributed by atoms with E-state index in [-0.39, 0.29) is 5.75 Å². The molecule has 0 unspecified atom stereocenters. The largest absolute Gasteiger partial charge is 0.504 e. The number of hydrogen-bond acceptors (Lipinski definition) is 4. The van der Waals surface area contributed by atoms with Gasteiger partial charge in [-0.3, -0.25) is 0 Å². The van der Waals surface area contributed by atoms with Crippen molar-refractivity contribution < 1.29 is 14.6 Å². The van der Waals surface area contributed by atoms with E-state index < -0.39 is 5.54 Å². The van der Waals surface area contributed by atoms with E-state index >= 15 is 0 Å². The van der Waals surface area contributed by atoms with Gasteiger partial charge in [0.15, 0.2) is 11.5 Å². The second kappa shape index (κ2) is 5.35. The number of methoxy groups -OCH3 is 1. The molecule has 1 fully saturated rings. The number of nitrogens with zero attached hydrogens (tertiary/aromatic N) is 1. The number of phenolic OH excluding ortho intramolecular Hbond substituents is 1. The number of benzene rings is 1. The van der Waals surface area contributed by atoms with E-state index in [4.69, 9.17) is 4.74 Å². The van der Waals surface area contributed by atoms with E-state index in [1.165, 1.54) is 7.11 Å². The fourth-order valence-corrected chi connectivity index (χ4v) is 3.31. The number of rotatable bonds is 3. The predicted octanol–water partition coefficient (Wildman–Crippen LogP) is 3.58. The molecule has 0 saturated heterocycles. The number of carbonyl (C=O) groups excluding carboxylic acids is 1. The molecule has 1 saturated carbocycles. The molecule has 0 heterocycles. The van der Waals surface area contributed by atoms with Gasteiger partial charge in [-0.15, -0.1) is 0 Å². The molecule has 0 aromatic heterocycles. The summed E-state index contributed by atoms with van der Waals surface area (Å²) in [6, 6.07) is 1.72. The Hall–Kier alpha value is -1.32. The van der Waals surface area contributed by atoms with Gasteiger partial charge in [-0.1, -0.05) is 28.8 Å². The van der Waals surface area contributed by atoms with Crippen LogP contribution in [0.4, 0.5) is 0 Å². The van der Waals surface area contributed by atoms with Gasteiger partial charge in [0.05, 0.1) is 7.11 Å². The van der Waals surface area contributed by atoms with Crippen LogP contribution in [0.1, 0.15) is 36.8 Å². The Labute approximate surface area is 120 Å². The van der Waals surface area contributed by atoms with Crippen molar-refractivity contribution in [2.24, 2.45) is 4.99 Å². The molecule has 1 aromatic carbocycles. The average molecular weight is 326 g/mol. The van der Waals surface area contributed by atoms with Crippen molar-refractivity contribution in [1.29, 1.82) is 0 Å². The summed E-state index contributed by atoms with van der Waals surface area (Å²) in [5.41, 5.74) is 0.909. The lowest BCUT2D eigenvalue weighted by Gasteiger charge is -2.27. The lowest BCUT2D eigenvalue weighted by atomic mass is 9.85. The smallest absolute Gasteiger partial charge is 0.235 e. The molecule has 1 aliphatic carbocycles. The van der Waals surface area contributed by atoms with Crippen molar-refractivity contribution in [1.82, 2.24) is 0 Å². The maximum atomic E-state index is 10.8. The van der Waals surface area contributed by atoms with Gasteiger partial charge >= 0.3 is 0 Å². The Morgan fingerprint density at radius 2 is 2.11 bits per heavy atom. The molecule has 1 aromatic rings. The van der Waals surface area contributed by atoms with Crippen molar-refractivity contribution in [3.8, 4) is 11.5 Å². The van der Waals surface area contributed by atoms with Crippen LogP contribution in [0.25, 0.3) is 0 Å². The number of hydrogen-bond donors (Lipinski definition) is 1. The van der Waals surface area contributed by atoms with Gasteiger partial charge in [0, 0.05) is 10.0 Å². The van der Waals surface area contributed by atoms with E-state index in [0.29, 0.717) is 11.3 Å². The summed E-state index contributed by atoms with van der Waals surface area (Å²) in [5.74, 6) is 0.462. The Morgan fingerprint density at radius 3 is 2.63 bits per heavy atom. The first-order valence-electron chi connectivity index (χ1n) is 6.21. The van der Waals surface area contributed by atoms with E-state index in [9.17, 15) is 9.90 Å². The second-order valence-electron chi connectivity index (χ2n) is 4.85. The topological polar surface area (TPSA) is 58.9 Å². The average Bonchev–Trinajstić information content (AvgIpc) is 2.84. The Kier molecular flexibility index (Phi) is 3.97. The van der Waals surface area contributed by atoms with Gasteiger partial charge < -0.3 is 9.84 Å². The third-order valence-electron chi connectivity index (χ3n) is 3.84. The molecule has 2 rings (SSSR count). The third-order valence-corrected chi connectivity index (χ3v) is 4.66. The summed E-state index contributed by atoms with van der Waals surface area (Å²) in [6.07, 6.45) is 5.13. The van der Waals surface area contributed by atoms with Crippen molar-refractivity contribution in [3.63, 3.8) is 0 Å². The maximum Gasteiger partial charge on any atom is 0.235 e. The lowest BCUT2D eigenvalue weighted by molar-refractivity contribution is 0.354. The number of halogens is 1. The van der Waals surface area contributed by atoms with Crippen molar-refractivity contribution in [3.05, 3.63) is 21.7 Å². The molecule has 0 amide bonds. The monoisotopic (exact) mass is 325 g/mol. The van der Waals surface area contributed by atoms with Crippen LogP contribution in [0.2, 0.25) is 0 Å². The first-order chi connectivity index (χ1) is 9.05. The molecule has 0 bridgehead atoms. The molecule has 19 heavy (non-hydrogen) atoms. The normalized spacial score (nSPS) is 17.0. The minimum Gasteiger partial charge on any atom is -0.504 e. The Balaban J connectivity index is 2.72. The van der Waals surface area contributed by atoms with E-state index in [1.807, 2.05) is 6.92 Å². The zero-order valence-electron chi connectivity index (χ0n) is 11.0. The Bertz CT molecular complexity index is 544. The van der Waals surface area contributed by atoms with Gasteiger partial charge in [-0.25, -0.2) is 4.79 Å². The zero-order chi connectivity index (χ0) is 14.0. The van der Waals surface area contributed by atoms with Crippen LogP contribution in [0.5, 0.6) is 11.5 Å². The number of aliphatic imine (C=N–C) groups is 1. The van der Waals surface area contributed by atoms with Crippen LogP contribution in [-0.2, 0) is 10.3 Å². The minimum atomic E-state index is -0.660. The minimum absolute atomic E-state index is 0.0732. The van der Waals surface area contributed by atoms with Gasteiger partial charge in [0.2, 0.25) is 6.08 Å². The van der Waals surface area contributed by atoms with Gasteiger partial charge in [-0.05, 0) is 31.4 Å². The highest BCUT2D eigenvalue weighted by Gasteiger charge is 2.40. The summed E-state index contributed by atoms with van der Waals surface area (Å²) in [5, 5.41) is 10.4. The molecule has 0 radical (unpaired) electrons. The molecular formula is C14H16BrNO3. The Morgan fingerprint density at radius 1 is 1.47 bits per heavy atom. The highest BCUT2D eigenvalue weighted by molar-refractivity contribution is 9.10. The second-order valence-corrected chi connectivity index (χ2v) is 5.71. The standard InChI is InChI=1S/C14H16BrNO3/c1-9-10(15)7-11(19-2)13(18)12(9)14(16-8-17)5-3-4-6-14/h7,18H,3-6H2,1-2H3. The first-order valence-corrected chi connectivity index (χ1v) is 7.00. The van der Waals surface area contributed by atoms with Gasteiger partial charge in [-0.2, -0.15) is 4.99 Å². The fourth-order valence-electron chi connectivity index (χ4n) is 2.90.